The standard InChI is InChI=1S/C47H42N4O.Pt/c1-45(2,3)33-25-27-43-37(29-33)47(38-30-34(46(4,5)6)26-28-44(38)52-43,50-31-48(35-17-9-7-10-18-35)39-21-13-15-23-41(39)50)51-32-49(36-19-11-8-12-20-36)40-22-14-16-24-42(40)51;/h7-17,19,21-32H,1-6H3;/q-4;+4. The van der Waals surface area contributed by atoms with Gasteiger partial charge < -0.3 is 24.3 Å². The fourth-order valence-electron chi connectivity index (χ4n) is 7.80. The second-order valence-electron chi connectivity index (χ2n) is 15.9. The first-order chi connectivity index (χ1) is 25.0. The Morgan fingerprint density at radius 3 is 1.28 bits per heavy atom. The van der Waals surface area contributed by atoms with E-state index in [1.165, 1.54) is 11.1 Å². The van der Waals surface area contributed by atoms with E-state index in [0.29, 0.717) is 0 Å². The van der Waals surface area contributed by atoms with Crippen LogP contribution in [0, 0.1) is 25.5 Å². The molecule has 0 amide bonds. The van der Waals surface area contributed by atoms with Crippen molar-refractivity contribution in [2.75, 3.05) is 19.6 Å². The van der Waals surface area contributed by atoms with E-state index in [9.17, 15) is 0 Å². The first-order valence-electron chi connectivity index (χ1n) is 18.0. The van der Waals surface area contributed by atoms with E-state index < -0.39 is 5.66 Å². The van der Waals surface area contributed by atoms with Gasteiger partial charge in [0, 0.05) is 33.9 Å². The third-order valence-corrected chi connectivity index (χ3v) is 10.5. The number of rotatable bonds is 4. The summed E-state index contributed by atoms with van der Waals surface area (Å²) in [5.74, 6) is 1.66. The number of hydrogen-bond acceptors (Lipinski definition) is 5. The molecule has 3 heterocycles. The zero-order valence-electron chi connectivity index (χ0n) is 30.9. The monoisotopic (exact) mass is 873 g/mol. The van der Waals surface area contributed by atoms with Gasteiger partial charge in [0.25, 0.3) is 0 Å². The summed E-state index contributed by atoms with van der Waals surface area (Å²) in [5, 5.41) is 0. The molecular formula is C47H42N4OPt. The van der Waals surface area contributed by atoms with E-state index in [4.69, 9.17) is 4.74 Å². The van der Waals surface area contributed by atoms with Gasteiger partial charge in [-0.1, -0.05) is 77.9 Å². The van der Waals surface area contributed by atoms with Gasteiger partial charge in [-0.05, 0) is 70.5 Å². The molecule has 3 aliphatic rings. The summed E-state index contributed by atoms with van der Waals surface area (Å²) in [6.07, 6.45) is 0. The van der Waals surface area contributed by atoms with E-state index in [2.05, 4.69) is 196 Å². The van der Waals surface area contributed by atoms with Crippen LogP contribution in [0.25, 0.3) is 0 Å². The van der Waals surface area contributed by atoms with Crippen molar-refractivity contribution in [3.8, 4) is 11.5 Å². The minimum atomic E-state index is -0.954. The molecule has 53 heavy (non-hydrogen) atoms. The molecule has 0 bridgehead atoms. The van der Waals surface area contributed by atoms with Gasteiger partial charge in [-0.15, -0.1) is 24.7 Å². The molecule has 0 unspecified atom stereocenters. The predicted octanol–water partition coefficient (Wildman–Crippen LogP) is 11.7. The van der Waals surface area contributed by atoms with E-state index in [-0.39, 0.29) is 31.9 Å². The van der Waals surface area contributed by atoms with Crippen molar-refractivity contribution in [1.29, 1.82) is 0 Å². The van der Waals surface area contributed by atoms with Gasteiger partial charge in [0.15, 0.2) is 0 Å². The Labute approximate surface area is 328 Å². The Morgan fingerprint density at radius 1 is 0.509 bits per heavy atom. The summed E-state index contributed by atoms with van der Waals surface area (Å²) >= 11 is 0. The zero-order valence-corrected chi connectivity index (χ0v) is 33.1. The second-order valence-corrected chi connectivity index (χ2v) is 15.9. The van der Waals surface area contributed by atoms with Crippen LogP contribution in [0.3, 0.4) is 0 Å². The molecule has 0 atom stereocenters. The Balaban J connectivity index is 0.00000400. The Kier molecular flexibility index (Phi) is 8.50. The van der Waals surface area contributed by atoms with Crippen LogP contribution in [0.1, 0.15) is 63.8 Å². The number of benzene rings is 6. The maximum Gasteiger partial charge on any atom is 4.00 e. The van der Waals surface area contributed by atoms with Gasteiger partial charge in [0.05, 0.1) is 0 Å². The molecule has 6 aromatic carbocycles. The molecule has 9 rings (SSSR count). The summed E-state index contributed by atoms with van der Waals surface area (Å²) < 4.78 is 6.97. The summed E-state index contributed by atoms with van der Waals surface area (Å²) in [4.78, 5) is 9.46. The fraction of sp³-hybridized carbons (Fsp3) is 0.191. The van der Waals surface area contributed by atoms with Crippen molar-refractivity contribution in [2.24, 2.45) is 0 Å². The van der Waals surface area contributed by atoms with Crippen molar-refractivity contribution in [2.45, 2.75) is 58.0 Å². The minimum Gasteiger partial charge on any atom is -0.494 e. The Morgan fingerprint density at radius 2 is 0.906 bits per heavy atom. The van der Waals surface area contributed by atoms with Gasteiger partial charge >= 0.3 is 21.1 Å². The molecule has 0 radical (unpaired) electrons. The number of fused-ring (bicyclic) bond motifs is 4. The molecule has 3 aliphatic heterocycles. The van der Waals surface area contributed by atoms with Gasteiger partial charge in [0.1, 0.15) is 17.2 Å². The normalized spacial score (nSPS) is 15.6. The first kappa shape index (κ1) is 35.1. The molecule has 0 N–H and O–H groups in total. The average molecular weight is 874 g/mol. The van der Waals surface area contributed by atoms with E-state index in [0.717, 1.165) is 56.8 Å². The zero-order chi connectivity index (χ0) is 35.8. The van der Waals surface area contributed by atoms with Crippen molar-refractivity contribution in [1.82, 2.24) is 0 Å². The summed E-state index contributed by atoms with van der Waals surface area (Å²) in [6, 6.07) is 54.3. The molecular weight excluding hydrogens is 832 g/mol. The molecule has 0 saturated carbocycles. The predicted molar refractivity (Wildman–Crippen MR) is 212 cm³/mol. The Hall–Kier alpha value is -4.99. The van der Waals surface area contributed by atoms with Gasteiger partial charge in [-0.3, -0.25) is 0 Å². The molecule has 266 valence electrons. The molecule has 0 aromatic heterocycles. The summed E-state index contributed by atoms with van der Waals surface area (Å²) in [6.45, 7) is 18.2. The second kappa shape index (κ2) is 12.8. The summed E-state index contributed by atoms with van der Waals surface area (Å²) in [5.41, 5.74) is 9.69. The smallest absolute Gasteiger partial charge is 0.494 e. The van der Waals surface area contributed by atoms with Crippen LogP contribution in [0.5, 0.6) is 11.5 Å². The van der Waals surface area contributed by atoms with Gasteiger partial charge in [-0.2, -0.15) is 60.7 Å². The van der Waals surface area contributed by atoms with Crippen LogP contribution in [-0.4, -0.2) is 0 Å². The number of hydrogen-bond donors (Lipinski definition) is 0. The minimum absolute atomic E-state index is 0. The van der Waals surface area contributed by atoms with Gasteiger partial charge in [-0.25, -0.2) is 0 Å². The molecule has 0 fully saturated rings. The van der Waals surface area contributed by atoms with E-state index >= 15 is 0 Å². The number of anilines is 6. The van der Waals surface area contributed by atoms with E-state index in [1.54, 1.807) is 0 Å². The first-order valence-corrected chi connectivity index (χ1v) is 18.0. The van der Waals surface area contributed by atoms with Crippen molar-refractivity contribution in [3.63, 3.8) is 0 Å². The molecule has 5 nitrogen and oxygen atoms in total. The van der Waals surface area contributed by atoms with Crippen LogP contribution >= 0.6 is 0 Å². The third-order valence-electron chi connectivity index (χ3n) is 10.5. The van der Waals surface area contributed by atoms with Crippen LogP contribution in [0.15, 0.2) is 133 Å². The molecule has 0 spiro atoms. The number of nitrogens with zero attached hydrogens (tertiary/aromatic N) is 4. The van der Waals surface area contributed by atoms with Crippen LogP contribution in [0.2, 0.25) is 0 Å². The maximum absolute atomic E-state index is 6.97. The largest absolute Gasteiger partial charge is 4.00 e. The van der Waals surface area contributed by atoms with E-state index in [1.807, 2.05) is 24.3 Å². The molecule has 0 saturated heterocycles. The number of para-hydroxylation sites is 6. The maximum atomic E-state index is 6.97. The van der Waals surface area contributed by atoms with Crippen molar-refractivity contribution >= 4 is 34.1 Å². The van der Waals surface area contributed by atoms with Crippen LogP contribution in [-0.2, 0) is 37.6 Å². The number of ether oxygens (including phenoxy) is 1. The molecule has 6 aromatic rings. The van der Waals surface area contributed by atoms with Crippen LogP contribution < -0.4 is 24.3 Å². The molecule has 6 heteroatoms. The molecule has 0 aliphatic carbocycles. The SMILES string of the molecule is CC(C)(C)c1ccc2c(c1)C(N1[CH-]N(c3[c-]cccc3)c3ccccc31)(N1[CH-]N(c3[c-]cccc3)c3ccccc31)c1cc(C(C)(C)C)ccc1O2.[Pt+4]. The van der Waals surface area contributed by atoms with Crippen LogP contribution in [0.4, 0.5) is 34.1 Å². The average Bonchev–Trinajstić information content (AvgIpc) is 3.74. The third kappa shape index (κ3) is 5.55. The topological polar surface area (TPSA) is 22.2 Å². The van der Waals surface area contributed by atoms with Crippen molar-refractivity contribution in [3.05, 3.63) is 181 Å². The van der Waals surface area contributed by atoms with Gasteiger partial charge in [0.2, 0.25) is 0 Å². The summed E-state index contributed by atoms with van der Waals surface area (Å²) in [7, 11) is 0. The quantitative estimate of drug-likeness (QED) is 0.164. The Bertz CT molecular complexity index is 2130. The van der Waals surface area contributed by atoms with Crippen molar-refractivity contribution < 1.29 is 25.8 Å². The fourth-order valence-corrected chi connectivity index (χ4v) is 7.80.